The molecule has 0 bridgehead atoms. The summed E-state index contributed by atoms with van der Waals surface area (Å²) in [4.78, 5) is 4.46. The molecular formula is C10H8Cl3NS. The molecule has 2 rings (SSSR count). The Balaban J connectivity index is 2.16. The topological polar surface area (TPSA) is 12.9 Å². The molecule has 1 nitrogen and oxygen atoms in total. The van der Waals surface area contributed by atoms with E-state index < -0.39 is 3.79 Å². The van der Waals surface area contributed by atoms with Gasteiger partial charge in [-0.3, -0.25) is 0 Å². The second-order valence-electron chi connectivity index (χ2n) is 3.19. The minimum atomic E-state index is -1.18. The normalized spacial score (nSPS) is 12.2. The Bertz CT molecular complexity index is 428. The van der Waals surface area contributed by atoms with Crippen LogP contribution in [0, 0.1) is 0 Å². The van der Waals surface area contributed by atoms with Gasteiger partial charge in [-0.25, -0.2) is 4.98 Å². The van der Waals surface area contributed by atoms with Crippen LogP contribution in [0.4, 0.5) is 0 Å². The number of alkyl halides is 3. The third-order valence-electron chi connectivity index (χ3n) is 1.96. The molecule has 5 heteroatoms. The average Bonchev–Trinajstić information content (AvgIpc) is 2.56. The first-order chi connectivity index (χ1) is 7.04. The molecule has 0 radical (unpaired) electrons. The van der Waals surface area contributed by atoms with Crippen LogP contribution in [0.1, 0.15) is 11.4 Å². The van der Waals surface area contributed by atoms with Crippen LogP contribution in [0.25, 0.3) is 10.2 Å². The van der Waals surface area contributed by atoms with Crippen LogP contribution in [0.5, 0.6) is 0 Å². The van der Waals surface area contributed by atoms with Gasteiger partial charge >= 0.3 is 0 Å². The van der Waals surface area contributed by atoms with Crippen molar-refractivity contribution in [1.82, 2.24) is 4.98 Å². The third-order valence-corrected chi connectivity index (χ3v) is 3.62. The second-order valence-corrected chi connectivity index (χ2v) is 6.82. The minimum Gasteiger partial charge on any atom is -0.241 e. The molecule has 1 aromatic carbocycles. The van der Waals surface area contributed by atoms with Crippen molar-refractivity contribution < 1.29 is 0 Å². The Morgan fingerprint density at radius 1 is 1.20 bits per heavy atom. The highest BCUT2D eigenvalue weighted by Crippen LogP contribution is 2.32. The van der Waals surface area contributed by atoms with Crippen molar-refractivity contribution >= 4 is 56.4 Å². The Kier molecular flexibility index (Phi) is 3.41. The van der Waals surface area contributed by atoms with Gasteiger partial charge in [0.25, 0.3) is 0 Å². The molecule has 0 N–H and O–H groups in total. The van der Waals surface area contributed by atoms with E-state index in [0.717, 1.165) is 10.5 Å². The fraction of sp³-hybridized carbons (Fsp3) is 0.300. The largest absolute Gasteiger partial charge is 0.241 e. The van der Waals surface area contributed by atoms with Crippen molar-refractivity contribution in [3.05, 3.63) is 29.3 Å². The summed E-state index contributed by atoms with van der Waals surface area (Å²) in [5.74, 6) is 0. The molecule has 2 aromatic rings. The average molecular weight is 281 g/mol. The molecule has 0 atom stereocenters. The maximum absolute atomic E-state index is 5.69. The highest BCUT2D eigenvalue weighted by Gasteiger charge is 2.19. The molecule has 1 aromatic heterocycles. The zero-order valence-electron chi connectivity index (χ0n) is 7.71. The summed E-state index contributed by atoms with van der Waals surface area (Å²) in [6.07, 6.45) is 1.20. The van der Waals surface area contributed by atoms with Gasteiger partial charge in [0.1, 0.15) is 0 Å². The predicted octanol–water partition coefficient (Wildman–Crippen LogP) is 4.60. The smallest absolute Gasteiger partial charge is 0.191 e. The number of fused-ring (bicyclic) bond motifs is 1. The zero-order valence-corrected chi connectivity index (χ0v) is 10.8. The lowest BCUT2D eigenvalue weighted by Crippen LogP contribution is -2.03. The van der Waals surface area contributed by atoms with E-state index in [-0.39, 0.29) is 0 Å². The Morgan fingerprint density at radius 3 is 2.60 bits per heavy atom. The van der Waals surface area contributed by atoms with E-state index in [1.54, 1.807) is 11.3 Å². The van der Waals surface area contributed by atoms with Crippen LogP contribution in [0.15, 0.2) is 24.3 Å². The Labute approximate surface area is 107 Å². The molecule has 0 saturated carbocycles. The van der Waals surface area contributed by atoms with Crippen molar-refractivity contribution in [1.29, 1.82) is 0 Å². The van der Waals surface area contributed by atoms with Crippen LogP contribution < -0.4 is 0 Å². The maximum Gasteiger partial charge on any atom is 0.191 e. The molecule has 0 spiro atoms. The first kappa shape index (κ1) is 11.5. The number of para-hydroxylation sites is 1. The Morgan fingerprint density at radius 2 is 1.93 bits per heavy atom. The van der Waals surface area contributed by atoms with Gasteiger partial charge in [-0.2, -0.15) is 0 Å². The summed E-state index contributed by atoms with van der Waals surface area (Å²) in [5, 5.41) is 1.02. The molecule has 1 heterocycles. The first-order valence-corrected chi connectivity index (χ1v) is 6.41. The number of nitrogens with zero attached hydrogens (tertiary/aromatic N) is 1. The molecule has 0 saturated heterocycles. The van der Waals surface area contributed by atoms with E-state index in [4.69, 9.17) is 34.8 Å². The molecule has 0 aliphatic carbocycles. The number of halogens is 3. The number of hydrogen-bond acceptors (Lipinski definition) is 2. The second kappa shape index (κ2) is 4.46. The molecule has 80 valence electrons. The summed E-state index contributed by atoms with van der Waals surface area (Å²) >= 11 is 18.7. The van der Waals surface area contributed by atoms with Gasteiger partial charge in [-0.1, -0.05) is 46.9 Å². The fourth-order valence-electron chi connectivity index (χ4n) is 1.28. The number of hydrogen-bond donors (Lipinski definition) is 0. The van der Waals surface area contributed by atoms with Gasteiger partial charge in [0.2, 0.25) is 0 Å². The predicted molar refractivity (Wildman–Crippen MR) is 68.2 cm³/mol. The third kappa shape index (κ3) is 3.22. The molecular weight excluding hydrogens is 273 g/mol. The van der Waals surface area contributed by atoms with Crippen LogP contribution in [0.3, 0.4) is 0 Å². The molecule has 15 heavy (non-hydrogen) atoms. The minimum absolute atomic E-state index is 0.498. The number of aryl methyl sites for hydroxylation is 1. The lowest BCUT2D eigenvalue weighted by atomic mass is 10.3. The number of thiazole rings is 1. The van der Waals surface area contributed by atoms with E-state index >= 15 is 0 Å². The van der Waals surface area contributed by atoms with Crippen LogP contribution >= 0.6 is 46.1 Å². The summed E-state index contributed by atoms with van der Waals surface area (Å²) in [5.41, 5.74) is 1.02. The van der Waals surface area contributed by atoms with Gasteiger partial charge in [-0.05, 0) is 12.1 Å². The SMILES string of the molecule is ClC(Cl)(Cl)CCc1nc2ccccc2s1. The van der Waals surface area contributed by atoms with E-state index in [1.165, 1.54) is 4.70 Å². The monoisotopic (exact) mass is 279 g/mol. The lowest BCUT2D eigenvalue weighted by molar-refractivity contribution is 0.846. The number of rotatable bonds is 2. The van der Waals surface area contributed by atoms with Gasteiger partial charge in [0.15, 0.2) is 3.79 Å². The first-order valence-electron chi connectivity index (χ1n) is 4.46. The molecule has 0 unspecified atom stereocenters. The van der Waals surface area contributed by atoms with E-state index in [1.807, 2.05) is 24.3 Å². The van der Waals surface area contributed by atoms with Gasteiger partial charge < -0.3 is 0 Å². The van der Waals surface area contributed by atoms with Gasteiger partial charge in [0, 0.05) is 12.8 Å². The van der Waals surface area contributed by atoms with Gasteiger partial charge in [-0.15, -0.1) is 11.3 Å². The maximum atomic E-state index is 5.69. The van der Waals surface area contributed by atoms with E-state index in [9.17, 15) is 0 Å². The van der Waals surface area contributed by atoms with Gasteiger partial charge in [0.05, 0.1) is 15.2 Å². The van der Waals surface area contributed by atoms with Crippen LogP contribution in [-0.4, -0.2) is 8.78 Å². The summed E-state index contributed by atoms with van der Waals surface area (Å²) in [6.45, 7) is 0. The molecule has 0 amide bonds. The van der Waals surface area contributed by atoms with Crippen molar-refractivity contribution in [2.24, 2.45) is 0 Å². The summed E-state index contributed by atoms with van der Waals surface area (Å²) in [7, 11) is 0. The highest BCUT2D eigenvalue weighted by atomic mass is 35.6. The van der Waals surface area contributed by atoms with Crippen molar-refractivity contribution in [3.63, 3.8) is 0 Å². The van der Waals surface area contributed by atoms with Crippen molar-refractivity contribution in [2.45, 2.75) is 16.6 Å². The van der Waals surface area contributed by atoms with Crippen LogP contribution in [-0.2, 0) is 6.42 Å². The molecule has 0 aliphatic heterocycles. The standard InChI is InChI=1S/C10H8Cl3NS/c11-10(12,13)6-5-9-14-7-3-1-2-4-8(7)15-9/h1-4H,5-6H2. The lowest BCUT2D eigenvalue weighted by Gasteiger charge is -2.07. The Hall–Kier alpha value is -0.0200. The summed E-state index contributed by atoms with van der Waals surface area (Å²) < 4.78 is -0.00508. The molecule has 0 aliphatic rings. The number of aromatic nitrogens is 1. The van der Waals surface area contributed by atoms with E-state index in [0.29, 0.717) is 12.8 Å². The van der Waals surface area contributed by atoms with E-state index in [2.05, 4.69) is 4.98 Å². The highest BCUT2D eigenvalue weighted by molar-refractivity contribution is 7.18. The quantitative estimate of drug-likeness (QED) is 0.733. The zero-order chi connectivity index (χ0) is 10.9. The summed E-state index contributed by atoms with van der Waals surface area (Å²) in [6, 6.07) is 8.01. The van der Waals surface area contributed by atoms with Crippen molar-refractivity contribution in [2.75, 3.05) is 0 Å². The molecule has 0 fully saturated rings. The van der Waals surface area contributed by atoms with Crippen LogP contribution in [0.2, 0.25) is 0 Å². The fourth-order valence-corrected chi connectivity index (χ4v) is 2.53. The number of benzene rings is 1. The van der Waals surface area contributed by atoms with Crippen molar-refractivity contribution in [3.8, 4) is 0 Å².